The average Bonchev–Trinajstić information content (AvgIpc) is 3.70. The van der Waals surface area contributed by atoms with E-state index in [-0.39, 0.29) is 34.1 Å². The predicted molar refractivity (Wildman–Crippen MR) is 125 cm³/mol. The van der Waals surface area contributed by atoms with Crippen LogP contribution in [0, 0.1) is 5.82 Å². The van der Waals surface area contributed by atoms with E-state index < -0.39 is 25.0 Å². The van der Waals surface area contributed by atoms with Crippen LogP contribution in [0.1, 0.15) is 24.7 Å². The lowest BCUT2D eigenvalue weighted by atomic mass is 10.0. The van der Waals surface area contributed by atoms with Gasteiger partial charge in [0, 0.05) is 29.1 Å². The number of aromatic nitrogens is 10. The first-order chi connectivity index (χ1) is 18.8. The largest absolute Gasteiger partial charge is 0.348 e. The lowest BCUT2D eigenvalue weighted by Gasteiger charge is -2.18. The lowest BCUT2D eigenvalue weighted by molar-refractivity contribution is -0.130. The minimum atomic E-state index is -2.98. The average molecular weight is 567 g/mol. The van der Waals surface area contributed by atoms with Crippen molar-refractivity contribution in [2.45, 2.75) is 25.6 Å². The Kier molecular flexibility index (Phi) is 7.56. The number of hydrogen-bond donors (Lipinski definition) is 0. The van der Waals surface area contributed by atoms with Crippen molar-refractivity contribution in [2.75, 3.05) is 6.61 Å². The molecule has 0 saturated carbocycles. The summed E-state index contributed by atoms with van der Waals surface area (Å²) in [5, 5.41) is 22.3. The molecule has 5 aromatic rings. The Morgan fingerprint density at radius 2 is 1.82 bits per heavy atom. The van der Waals surface area contributed by atoms with Gasteiger partial charge in [-0.2, -0.15) is 32.4 Å². The molecule has 0 bridgehead atoms. The smallest absolute Gasteiger partial charge is 0.323 e. The van der Waals surface area contributed by atoms with Crippen LogP contribution < -0.4 is 0 Å². The molecule has 5 rings (SSSR count). The summed E-state index contributed by atoms with van der Waals surface area (Å²) in [6.07, 6.45) is 6.73. The summed E-state index contributed by atoms with van der Waals surface area (Å²) in [5.74, 6) is -0.713. The Bertz CT molecular complexity index is 1540. The predicted octanol–water partition coefficient (Wildman–Crippen LogP) is 4.59. The topological polar surface area (TPSA) is 114 Å². The molecule has 0 saturated heterocycles. The molecule has 4 heterocycles. The van der Waals surface area contributed by atoms with Crippen LogP contribution in [0.3, 0.4) is 0 Å². The zero-order valence-corrected chi connectivity index (χ0v) is 20.2. The summed E-state index contributed by atoms with van der Waals surface area (Å²) in [6.45, 7) is -6.23. The van der Waals surface area contributed by atoms with Crippen molar-refractivity contribution in [1.82, 2.24) is 50.0 Å². The molecule has 0 aliphatic heterocycles. The fourth-order valence-electron chi connectivity index (χ4n) is 3.86. The molecule has 1 unspecified atom stereocenters. The van der Waals surface area contributed by atoms with Gasteiger partial charge in [-0.3, -0.25) is 9.67 Å². The lowest BCUT2D eigenvalue weighted by Crippen LogP contribution is -2.16. The van der Waals surface area contributed by atoms with Crippen molar-refractivity contribution in [3.8, 4) is 28.1 Å². The number of rotatable bonds is 10. The third-order valence-corrected chi connectivity index (χ3v) is 5.91. The molecule has 1 aromatic carbocycles. The quantitative estimate of drug-likeness (QED) is 0.226. The van der Waals surface area contributed by atoms with Gasteiger partial charge >= 0.3 is 13.2 Å². The number of nitrogens with zero attached hydrogens (tertiary/aromatic N) is 10. The Hall–Kier alpha value is -4.31. The maximum atomic E-state index is 15.1. The second kappa shape index (κ2) is 11.2. The SMILES string of the molecule is Fc1c(Cl)ccc(-n2cnnn2)c1-c1ccc(C(CCOC(F)F)n2cc(-c3cnn(C(F)F)n3)cn2)nc1. The number of halogens is 6. The number of ether oxygens (including phenoxy) is 1. The normalized spacial score (nSPS) is 12.5. The van der Waals surface area contributed by atoms with Gasteiger partial charge in [0.1, 0.15) is 12.0 Å². The molecule has 0 fully saturated rings. The highest BCUT2D eigenvalue weighted by molar-refractivity contribution is 6.31. The highest BCUT2D eigenvalue weighted by Crippen LogP contribution is 2.34. The zero-order valence-electron chi connectivity index (χ0n) is 19.5. The van der Waals surface area contributed by atoms with Crippen LogP contribution in [0.5, 0.6) is 0 Å². The van der Waals surface area contributed by atoms with E-state index in [0.717, 1.165) is 6.20 Å². The number of tetrazole rings is 1. The van der Waals surface area contributed by atoms with E-state index in [1.54, 1.807) is 18.2 Å². The summed E-state index contributed by atoms with van der Waals surface area (Å²) < 4.78 is 73.2. The second-order valence-electron chi connectivity index (χ2n) is 7.95. The second-order valence-corrected chi connectivity index (χ2v) is 8.36. The van der Waals surface area contributed by atoms with Gasteiger partial charge in [0.15, 0.2) is 5.82 Å². The van der Waals surface area contributed by atoms with Crippen molar-refractivity contribution in [3.63, 3.8) is 0 Å². The molecule has 4 aromatic heterocycles. The monoisotopic (exact) mass is 566 g/mol. The van der Waals surface area contributed by atoms with Crippen molar-refractivity contribution in [1.29, 1.82) is 0 Å². The molecule has 0 amide bonds. The van der Waals surface area contributed by atoms with Crippen LogP contribution in [-0.2, 0) is 4.74 Å². The van der Waals surface area contributed by atoms with Gasteiger partial charge in [-0.15, -0.1) is 15.0 Å². The van der Waals surface area contributed by atoms with Crippen LogP contribution in [0.25, 0.3) is 28.1 Å². The molecule has 0 spiro atoms. The van der Waals surface area contributed by atoms with E-state index in [4.69, 9.17) is 11.6 Å². The van der Waals surface area contributed by atoms with E-state index in [2.05, 4.69) is 40.5 Å². The molecule has 39 heavy (non-hydrogen) atoms. The van der Waals surface area contributed by atoms with Crippen LogP contribution >= 0.6 is 11.6 Å². The maximum Gasteiger partial charge on any atom is 0.348 e. The molecular formula is C22H16ClF5N10O. The first-order valence-electron chi connectivity index (χ1n) is 11.1. The van der Waals surface area contributed by atoms with Gasteiger partial charge in [-0.25, -0.2) is 4.39 Å². The van der Waals surface area contributed by atoms with Crippen molar-refractivity contribution in [3.05, 3.63) is 71.9 Å². The van der Waals surface area contributed by atoms with Gasteiger partial charge in [-0.1, -0.05) is 17.7 Å². The van der Waals surface area contributed by atoms with Crippen LogP contribution in [0.4, 0.5) is 22.0 Å². The number of hydrogen-bond acceptors (Lipinski definition) is 8. The van der Waals surface area contributed by atoms with E-state index in [9.17, 15) is 17.6 Å². The zero-order chi connectivity index (χ0) is 27.5. The van der Waals surface area contributed by atoms with Crippen LogP contribution in [0.15, 0.2) is 55.4 Å². The highest BCUT2D eigenvalue weighted by atomic mass is 35.5. The van der Waals surface area contributed by atoms with E-state index in [0.29, 0.717) is 22.5 Å². The van der Waals surface area contributed by atoms with E-state index in [1.807, 2.05) is 0 Å². The van der Waals surface area contributed by atoms with Crippen molar-refractivity contribution >= 4 is 11.6 Å². The summed E-state index contributed by atoms with van der Waals surface area (Å²) in [7, 11) is 0. The summed E-state index contributed by atoms with van der Waals surface area (Å²) in [4.78, 5) is 4.68. The first kappa shape index (κ1) is 26.3. The molecule has 1 atom stereocenters. The Morgan fingerprint density at radius 1 is 0.974 bits per heavy atom. The Morgan fingerprint density at radius 3 is 2.49 bits per heavy atom. The third kappa shape index (κ3) is 5.61. The van der Waals surface area contributed by atoms with Gasteiger partial charge in [0.2, 0.25) is 0 Å². The number of benzene rings is 1. The molecular weight excluding hydrogens is 551 g/mol. The van der Waals surface area contributed by atoms with E-state index >= 15 is 4.39 Å². The summed E-state index contributed by atoms with van der Waals surface area (Å²) >= 11 is 6.02. The molecule has 0 radical (unpaired) electrons. The summed E-state index contributed by atoms with van der Waals surface area (Å²) in [6, 6.07) is 5.35. The standard InChI is InChI=1S/C22H16ClF5N10O/c23-14-2-4-18(37-11-30-34-35-37)19(20(14)24)12-1-3-15(29-7-12)17(5-6-39-22(27)28)36-10-13(8-31-36)16-9-32-38(33-16)21(25)26/h1-4,7-11,17,21-22H,5-6H2. The molecule has 17 heteroatoms. The first-order valence-corrected chi connectivity index (χ1v) is 11.5. The Balaban J connectivity index is 1.48. The van der Waals surface area contributed by atoms with Crippen molar-refractivity contribution < 1.29 is 26.7 Å². The van der Waals surface area contributed by atoms with E-state index in [1.165, 1.54) is 40.3 Å². The molecule has 0 N–H and O–H groups in total. The molecule has 11 nitrogen and oxygen atoms in total. The fraction of sp³-hybridized carbons (Fsp3) is 0.227. The van der Waals surface area contributed by atoms with Crippen molar-refractivity contribution in [2.24, 2.45) is 0 Å². The maximum absolute atomic E-state index is 15.1. The van der Waals surface area contributed by atoms with Gasteiger partial charge in [-0.05, 0) is 35.0 Å². The minimum absolute atomic E-state index is 0.0307. The van der Waals surface area contributed by atoms with Gasteiger partial charge in [0.05, 0.1) is 41.4 Å². The van der Waals surface area contributed by atoms with Gasteiger partial charge < -0.3 is 4.74 Å². The minimum Gasteiger partial charge on any atom is -0.323 e. The highest BCUT2D eigenvalue weighted by Gasteiger charge is 2.22. The molecule has 202 valence electrons. The number of alkyl halides is 4. The number of pyridine rings is 1. The molecule has 0 aliphatic carbocycles. The summed E-state index contributed by atoms with van der Waals surface area (Å²) in [5.41, 5.74) is 1.64. The van der Waals surface area contributed by atoms with Gasteiger partial charge in [0.25, 0.3) is 0 Å². The Labute approximate surface area is 220 Å². The fourth-order valence-corrected chi connectivity index (χ4v) is 4.01. The molecule has 0 aliphatic rings. The van der Waals surface area contributed by atoms with Crippen LogP contribution in [0.2, 0.25) is 5.02 Å². The third-order valence-electron chi connectivity index (χ3n) is 5.62. The van der Waals surface area contributed by atoms with Crippen LogP contribution in [-0.4, -0.2) is 63.2 Å².